The second kappa shape index (κ2) is 7.64. The molecule has 0 heterocycles. The van der Waals surface area contributed by atoms with E-state index in [9.17, 15) is 14.9 Å². The van der Waals surface area contributed by atoms with E-state index in [2.05, 4.69) is 4.74 Å². The summed E-state index contributed by atoms with van der Waals surface area (Å²) in [5.74, 6) is -0.729. The van der Waals surface area contributed by atoms with Gasteiger partial charge in [0.2, 0.25) is 0 Å². The smallest absolute Gasteiger partial charge is 0.342 e. The van der Waals surface area contributed by atoms with Crippen molar-refractivity contribution in [2.24, 2.45) is 0 Å². The number of nitro groups is 1. The van der Waals surface area contributed by atoms with E-state index in [1.165, 1.54) is 18.2 Å². The molecule has 5 nitrogen and oxygen atoms in total. The highest BCUT2D eigenvalue weighted by Crippen LogP contribution is 2.30. The van der Waals surface area contributed by atoms with Crippen LogP contribution in [0.5, 0.6) is 0 Å². The largest absolute Gasteiger partial charge is 0.446 e. The molecule has 0 aromatic heterocycles. The Kier molecular flexibility index (Phi) is 5.82. The number of hydrogen-bond donors (Lipinski definition) is 0. The number of alkyl halides is 1. The Bertz CT molecular complexity index is 741. The molecule has 0 aliphatic rings. The zero-order chi connectivity index (χ0) is 17.0. The van der Waals surface area contributed by atoms with Crippen LogP contribution in [0.4, 0.5) is 5.69 Å². The molecular weight excluding hydrogens is 365 g/mol. The molecule has 0 radical (unpaired) electrons. The number of esters is 1. The van der Waals surface area contributed by atoms with Crippen LogP contribution in [0.1, 0.15) is 21.5 Å². The Hall–Kier alpha value is -1.82. The fourth-order valence-corrected chi connectivity index (χ4v) is 2.89. The summed E-state index contributed by atoms with van der Waals surface area (Å²) in [7, 11) is 0. The SMILES string of the molecule is O=C(OCCl)c1c(Cl)cc(Cc2ccccc2[N+](=O)[O-])cc1Cl. The van der Waals surface area contributed by atoms with Gasteiger partial charge in [-0.2, -0.15) is 0 Å². The molecule has 120 valence electrons. The average Bonchev–Trinajstić information content (AvgIpc) is 2.47. The Morgan fingerprint density at radius 3 is 2.35 bits per heavy atom. The van der Waals surface area contributed by atoms with Crippen LogP contribution in [0.3, 0.4) is 0 Å². The molecule has 0 unspecified atom stereocenters. The third-order valence-corrected chi connectivity index (χ3v) is 3.78. The molecule has 2 rings (SSSR count). The van der Waals surface area contributed by atoms with Crippen molar-refractivity contribution >= 4 is 46.5 Å². The predicted molar refractivity (Wildman–Crippen MR) is 88.5 cm³/mol. The van der Waals surface area contributed by atoms with Gasteiger partial charge in [-0.25, -0.2) is 4.79 Å². The van der Waals surface area contributed by atoms with E-state index in [0.717, 1.165) is 0 Å². The van der Waals surface area contributed by atoms with Crippen LogP contribution in [0.2, 0.25) is 10.0 Å². The highest BCUT2D eigenvalue weighted by atomic mass is 35.5. The summed E-state index contributed by atoms with van der Waals surface area (Å²) >= 11 is 17.5. The number of para-hydroxylation sites is 1. The van der Waals surface area contributed by atoms with E-state index >= 15 is 0 Å². The number of hydrogen-bond acceptors (Lipinski definition) is 4. The summed E-state index contributed by atoms with van der Waals surface area (Å²) < 4.78 is 4.67. The lowest BCUT2D eigenvalue weighted by atomic mass is 10.0. The Morgan fingerprint density at radius 1 is 1.17 bits per heavy atom. The lowest BCUT2D eigenvalue weighted by Gasteiger charge is -2.09. The average molecular weight is 375 g/mol. The normalized spacial score (nSPS) is 10.4. The molecule has 0 saturated heterocycles. The summed E-state index contributed by atoms with van der Waals surface area (Å²) in [6, 6.07) is 9.10. The number of benzene rings is 2. The van der Waals surface area contributed by atoms with Crippen LogP contribution in [-0.4, -0.2) is 17.0 Å². The minimum atomic E-state index is -0.729. The van der Waals surface area contributed by atoms with Gasteiger partial charge in [-0.05, 0) is 17.7 Å². The van der Waals surface area contributed by atoms with Crippen LogP contribution in [-0.2, 0) is 11.2 Å². The molecule has 0 aliphatic heterocycles. The van der Waals surface area contributed by atoms with E-state index in [4.69, 9.17) is 34.8 Å². The molecule has 8 heteroatoms. The first-order chi connectivity index (χ1) is 10.9. The number of rotatable bonds is 5. The molecule has 0 fully saturated rings. The molecule has 0 bridgehead atoms. The minimum Gasteiger partial charge on any atom is -0.446 e. The van der Waals surface area contributed by atoms with Gasteiger partial charge in [0.25, 0.3) is 5.69 Å². The molecule has 23 heavy (non-hydrogen) atoms. The maximum absolute atomic E-state index is 11.7. The van der Waals surface area contributed by atoms with Crippen molar-refractivity contribution in [3.63, 3.8) is 0 Å². The molecule has 2 aromatic carbocycles. The van der Waals surface area contributed by atoms with Gasteiger partial charge >= 0.3 is 5.97 Å². The summed E-state index contributed by atoms with van der Waals surface area (Å²) in [6.45, 7) is 0. The van der Waals surface area contributed by atoms with Crippen molar-refractivity contribution in [3.05, 3.63) is 73.2 Å². The first-order valence-corrected chi connectivity index (χ1v) is 7.66. The number of carbonyl (C=O) groups excluding carboxylic acids is 1. The monoisotopic (exact) mass is 373 g/mol. The van der Waals surface area contributed by atoms with Crippen molar-refractivity contribution in [1.82, 2.24) is 0 Å². The first-order valence-electron chi connectivity index (χ1n) is 6.37. The molecule has 0 saturated carbocycles. The zero-order valence-electron chi connectivity index (χ0n) is 11.6. The maximum Gasteiger partial charge on any atom is 0.342 e. The molecule has 0 aliphatic carbocycles. The van der Waals surface area contributed by atoms with Crippen molar-refractivity contribution in [3.8, 4) is 0 Å². The highest BCUT2D eigenvalue weighted by Gasteiger charge is 2.19. The Labute approximate surface area is 146 Å². The second-order valence-corrected chi connectivity index (χ2v) is 5.57. The van der Waals surface area contributed by atoms with Crippen molar-refractivity contribution in [1.29, 1.82) is 0 Å². The highest BCUT2D eigenvalue weighted by molar-refractivity contribution is 6.39. The number of nitro benzene ring substituents is 1. The van der Waals surface area contributed by atoms with E-state index < -0.39 is 10.9 Å². The topological polar surface area (TPSA) is 69.4 Å². The van der Waals surface area contributed by atoms with Crippen LogP contribution < -0.4 is 0 Å². The van der Waals surface area contributed by atoms with Gasteiger partial charge in [0, 0.05) is 18.1 Å². The molecule has 0 spiro atoms. The van der Waals surface area contributed by atoms with Gasteiger partial charge in [0.05, 0.1) is 20.5 Å². The first kappa shape index (κ1) is 17.5. The molecule has 0 amide bonds. The van der Waals surface area contributed by atoms with Crippen molar-refractivity contribution in [2.45, 2.75) is 6.42 Å². The Morgan fingerprint density at radius 2 is 1.78 bits per heavy atom. The van der Waals surface area contributed by atoms with Gasteiger partial charge in [0.1, 0.15) is 0 Å². The summed E-state index contributed by atoms with van der Waals surface area (Å²) in [6.07, 6.45) is 0.251. The number of halogens is 3. The van der Waals surface area contributed by atoms with Crippen LogP contribution in [0, 0.1) is 10.1 Å². The molecular formula is C15H10Cl3NO4. The second-order valence-electron chi connectivity index (χ2n) is 4.54. The fraction of sp³-hybridized carbons (Fsp3) is 0.133. The lowest BCUT2D eigenvalue weighted by Crippen LogP contribution is -2.06. The van der Waals surface area contributed by atoms with Gasteiger partial charge in [-0.15, -0.1) is 0 Å². The Balaban J connectivity index is 2.36. The van der Waals surface area contributed by atoms with Crippen LogP contribution >= 0.6 is 34.8 Å². The van der Waals surface area contributed by atoms with Crippen LogP contribution in [0.15, 0.2) is 36.4 Å². The quantitative estimate of drug-likeness (QED) is 0.325. The van der Waals surface area contributed by atoms with Gasteiger partial charge < -0.3 is 4.74 Å². The van der Waals surface area contributed by atoms with Gasteiger partial charge in [-0.3, -0.25) is 10.1 Å². The fourth-order valence-electron chi connectivity index (χ4n) is 2.10. The molecule has 0 atom stereocenters. The van der Waals surface area contributed by atoms with Crippen LogP contribution in [0.25, 0.3) is 0 Å². The molecule has 0 N–H and O–H groups in total. The van der Waals surface area contributed by atoms with Gasteiger partial charge in [-0.1, -0.05) is 53.0 Å². The summed E-state index contributed by atoms with van der Waals surface area (Å²) in [5, 5.41) is 11.2. The predicted octanol–water partition coefficient (Wildman–Crippen LogP) is 4.85. The number of nitrogens with zero attached hydrogens (tertiary/aromatic N) is 1. The third kappa shape index (κ3) is 4.13. The lowest BCUT2D eigenvalue weighted by molar-refractivity contribution is -0.385. The van der Waals surface area contributed by atoms with E-state index in [0.29, 0.717) is 11.1 Å². The molecule has 2 aromatic rings. The number of ether oxygens (including phenoxy) is 1. The van der Waals surface area contributed by atoms with Crippen molar-refractivity contribution in [2.75, 3.05) is 6.07 Å². The standard InChI is InChI=1S/C15H10Cl3NO4/c16-8-23-15(20)14-11(17)6-9(7-12(14)18)5-10-3-1-2-4-13(10)19(21)22/h1-4,6-7H,5,8H2. The minimum absolute atomic E-state index is 0.00497. The summed E-state index contributed by atoms with van der Waals surface area (Å²) in [5.41, 5.74) is 1.17. The number of carbonyl (C=O) groups is 1. The van der Waals surface area contributed by atoms with Gasteiger partial charge in [0.15, 0.2) is 6.07 Å². The maximum atomic E-state index is 11.7. The zero-order valence-corrected chi connectivity index (χ0v) is 13.9. The van der Waals surface area contributed by atoms with E-state index in [1.807, 2.05) is 0 Å². The third-order valence-electron chi connectivity index (χ3n) is 3.07. The van der Waals surface area contributed by atoms with E-state index in [1.54, 1.807) is 18.2 Å². The summed E-state index contributed by atoms with van der Waals surface area (Å²) in [4.78, 5) is 22.3. The van der Waals surface area contributed by atoms with Crippen molar-refractivity contribution < 1.29 is 14.5 Å². The van der Waals surface area contributed by atoms with E-state index in [-0.39, 0.29) is 33.8 Å².